The van der Waals surface area contributed by atoms with Gasteiger partial charge in [-0.25, -0.2) is 8.42 Å². The summed E-state index contributed by atoms with van der Waals surface area (Å²) >= 11 is 0. The van der Waals surface area contributed by atoms with Crippen LogP contribution in [-0.2, 0) is 9.84 Å². The quantitative estimate of drug-likeness (QED) is 0.807. The van der Waals surface area contributed by atoms with Gasteiger partial charge in [0.25, 0.3) is 0 Å². The van der Waals surface area contributed by atoms with Gasteiger partial charge < -0.3 is 0 Å². The lowest BCUT2D eigenvalue weighted by atomic mass is 10.0. The largest absolute Gasteiger partial charge is 0.229 e. The molecule has 2 atom stereocenters. The highest BCUT2D eigenvalue weighted by molar-refractivity contribution is 7.91. The number of hydrogen-bond acceptors (Lipinski definition) is 4. The molecule has 0 heterocycles. The molecule has 1 aromatic carbocycles. The van der Waals surface area contributed by atoms with E-state index in [4.69, 9.17) is 10.5 Å². The monoisotopic (exact) mass is 260 g/mol. The summed E-state index contributed by atoms with van der Waals surface area (Å²) in [5.41, 5.74) is 0.358. The molecule has 4 nitrogen and oxygen atoms in total. The van der Waals surface area contributed by atoms with Crippen LogP contribution < -0.4 is 0 Å². The fourth-order valence-electron chi connectivity index (χ4n) is 2.44. The third-order valence-corrected chi connectivity index (χ3v) is 4.97. The summed E-state index contributed by atoms with van der Waals surface area (Å²) in [5.74, 6) is -0.539. The highest BCUT2D eigenvalue weighted by Gasteiger charge is 2.72. The molecule has 92 valence electrons. The number of rotatable bonds is 2. The van der Waals surface area contributed by atoms with E-state index in [0.29, 0.717) is 0 Å². The van der Waals surface area contributed by atoms with Gasteiger partial charge in [0.05, 0.1) is 12.1 Å². The summed E-state index contributed by atoms with van der Waals surface area (Å²) in [5, 5.41) is 17.4. The first-order valence-corrected chi connectivity index (χ1v) is 7.40. The van der Waals surface area contributed by atoms with Crippen LogP contribution >= 0.6 is 0 Å². The minimum absolute atomic E-state index is 0.539. The molecule has 0 amide bonds. The fraction of sp³-hybridized carbons (Fsp3) is 0.385. The maximum Gasteiger partial charge on any atom is 0.169 e. The SMILES string of the molecule is Cc1ccc([C@H]2[C@@H](S(C)(=O)=O)C2(C#N)C#N)cc1. The molecule has 1 saturated carbocycles. The molecule has 0 saturated heterocycles. The summed E-state index contributed by atoms with van der Waals surface area (Å²) in [7, 11) is -3.41. The van der Waals surface area contributed by atoms with Crippen molar-refractivity contribution in [1.82, 2.24) is 0 Å². The number of hydrogen-bond donors (Lipinski definition) is 0. The van der Waals surface area contributed by atoms with Crippen molar-refractivity contribution in [2.24, 2.45) is 5.41 Å². The average Bonchev–Trinajstić information content (AvgIpc) is 3.00. The van der Waals surface area contributed by atoms with Crippen LogP contribution in [0.1, 0.15) is 17.0 Å². The van der Waals surface area contributed by atoms with Gasteiger partial charge >= 0.3 is 0 Å². The van der Waals surface area contributed by atoms with Gasteiger partial charge in [0, 0.05) is 12.2 Å². The molecular weight excluding hydrogens is 248 g/mol. The molecule has 0 aliphatic heterocycles. The summed E-state index contributed by atoms with van der Waals surface area (Å²) in [6.45, 7) is 1.92. The lowest BCUT2D eigenvalue weighted by molar-refractivity contribution is 0.597. The zero-order valence-corrected chi connectivity index (χ0v) is 10.9. The third kappa shape index (κ3) is 1.68. The first-order valence-electron chi connectivity index (χ1n) is 5.45. The van der Waals surface area contributed by atoms with Crippen molar-refractivity contribution in [3.05, 3.63) is 35.4 Å². The van der Waals surface area contributed by atoms with Gasteiger partial charge in [0.15, 0.2) is 15.3 Å². The minimum Gasteiger partial charge on any atom is -0.229 e. The van der Waals surface area contributed by atoms with Crippen molar-refractivity contribution in [3.8, 4) is 12.1 Å². The Morgan fingerprint density at radius 2 is 1.67 bits per heavy atom. The number of nitriles is 2. The van der Waals surface area contributed by atoms with E-state index >= 15 is 0 Å². The van der Waals surface area contributed by atoms with E-state index in [9.17, 15) is 8.42 Å². The number of benzene rings is 1. The van der Waals surface area contributed by atoms with Crippen molar-refractivity contribution in [3.63, 3.8) is 0 Å². The van der Waals surface area contributed by atoms with E-state index in [-0.39, 0.29) is 0 Å². The van der Waals surface area contributed by atoms with Crippen LogP contribution in [0.4, 0.5) is 0 Å². The second kappa shape index (κ2) is 3.83. The van der Waals surface area contributed by atoms with Crippen molar-refractivity contribution < 1.29 is 8.42 Å². The Labute approximate surface area is 106 Å². The van der Waals surface area contributed by atoms with E-state index in [1.807, 2.05) is 31.2 Å². The third-order valence-electron chi connectivity index (χ3n) is 3.40. The predicted molar refractivity (Wildman–Crippen MR) is 66.2 cm³/mol. The van der Waals surface area contributed by atoms with Gasteiger partial charge in [-0.1, -0.05) is 29.8 Å². The second-order valence-electron chi connectivity index (χ2n) is 4.73. The smallest absolute Gasteiger partial charge is 0.169 e. The maximum atomic E-state index is 11.7. The number of aryl methyl sites for hydroxylation is 1. The van der Waals surface area contributed by atoms with Crippen molar-refractivity contribution in [2.75, 3.05) is 6.26 Å². The molecular formula is C13H12N2O2S. The van der Waals surface area contributed by atoms with Crippen LogP contribution in [0.25, 0.3) is 0 Å². The lowest BCUT2D eigenvalue weighted by Crippen LogP contribution is -2.11. The Morgan fingerprint density at radius 3 is 2.00 bits per heavy atom. The summed E-state index contributed by atoms with van der Waals surface area (Å²) < 4.78 is 23.4. The molecule has 0 spiro atoms. The van der Waals surface area contributed by atoms with Crippen molar-refractivity contribution >= 4 is 9.84 Å². The van der Waals surface area contributed by atoms with Gasteiger partial charge in [0.2, 0.25) is 0 Å². The van der Waals surface area contributed by atoms with E-state index < -0.39 is 26.4 Å². The van der Waals surface area contributed by atoms with Crippen molar-refractivity contribution in [1.29, 1.82) is 10.5 Å². The van der Waals surface area contributed by atoms with E-state index in [0.717, 1.165) is 17.4 Å². The summed E-state index contributed by atoms with van der Waals surface area (Å²) in [4.78, 5) is 0. The first kappa shape index (κ1) is 12.6. The maximum absolute atomic E-state index is 11.7. The van der Waals surface area contributed by atoms with Crippen LogP contribution in [0, 0.1) is 35.0 Å². The normalized spacial score (nSPS) is 24.9. The van der Waals surface area contributed by atoms with Crippen molar-refractivity contribution in [2.45, 2.75) is 18.1 Å². The van der Waals surface area contributed by atoms with Crippen LogP contribution in [0.3, 0.4) is 0 Å². The van der Waals surface area contributed by atoms with Gasteiger partial charge in [-0.2, -0.15) is 10.5 Å². The van der Waals surface area contributed by atoms with E-state index in [2.05, 4.69) is 0 Å². The van der Waals surface area contributed by atoms with Crippen LogP contribution in [0.15, 0.2) is 24.3 Å². The molecule has 2 rings (SSSR count). The molecule has 1 aliphatic rings. The molecule has 0 bridgehead atoms. The van der Waals surface area contributed by atoms with Crippen LogP contribution in [0.5, 0.6) is 0 Å². The van der Waals surface area contributed by atoms with E-state index in [1.165, 1.54) is 0 Å². The van der Waals surface area contributed by atoms with Gasteiger partial charge in [0.1, 0.15) is 5.25 Å². The van der Waals surface area contributed by atoms with Gasteiger partial charge in [-0.3, -0.25) is 0 Å². The minimum atomic E-state index is -3.41. The molecule has 1 aromatic rings. The molecule has 0 aromatic heterocycles. The van der Waals surface area contributed by atoms with Crippen LogP contribution in [-0.4, -0.2) is 19.9 Å². The molecule has 0 N–H and O–H groups in total. The zero-order chi connectivity index (χ0) is 13.6. The highest BCUT2D eigenvalue weighted by Crippen LogP contribution is 2.62. The lowest BCUT2D eigenvalue weighted by Gasteiger charge is -2.00. The predicted octanol–water partition coefficient (Wildman–Crippen LogP) is 1.54. The highest BCUT2D eigenvalue weighted by atomic mass is 32.2. The Morgan fingerprint density at radius 1 is 1.17 bits per heavy atom. The Balaban J connectivity index is 2.50. The number of sulfone groups is 1. The Kier molecular flexibility index (Phi) is 2.68. The standard InChI is InChI=1S/C13H12N2O2S/c1-9-3-5-10(6-4-9)11-12(18(2,16)17)13(11,7-14)8-15/h3-6,11-12H,1-2H3/t11-,12+/m0/s1. The summed E-state index contributed by atoms with van der Waals surface area (Å²) in [6.07, 6.45) is 1.08. The molecule has 1 aliphatic carbocycles. The first-order chi connectivity index (χ1) is 8.36. The van der Waals surface area contributed by atoms with E-state index in [1.54, 1.807) is 12.1 Å². The molecule has 0 unspecified atom stereocenters. The van der Waals surface area contributed by atoms with Gasteiger partial charge in [-0.05, 0) is 12.5 Å². The van der Waals surface area contributed by atoms with Gasteiger partial charge in [-0.15, -0.1) is 0 Å². The molecule has 18 heavy (non-hydrogen) atoms. The molecule has 1 fully saturated rings. The Hall–Kier alpha value is -1.85. The number of nitrogens with zero attached hydrogens (tertiary/aromatic N) is 2. The van der Waals surface area contributed by atoms with Crippen LogP contribution in [0.2, 0.25) is 0 Å². The zero-order valence-electron chi connectivity index (χ0n) is 10.1. The Bertz CT molecular complexity index is 648. The topological polar surface area (TPSA) is 81.7 Å². The molecule has 5 heteroatoms. The average molecular weight is 260 g/mol. The summed E-state index contributed by atoms with van der Waals surface area (Å²) in [6, 6.07) is 11.0. The second-order valence-corrected chi connectivity index (χ2v) is 6.90. The molecule has 0 radical (unpaired) electrons. The fourth-order valence-corrected chi connectivity index (χ4v) is 4.16.